The fraction of sp³-hybridized carbons (Fsp3) is 0.421. The average Bonchev–Trinajstić information content (AvgIpc) is 3.08. The molecule has 6 nitrogen and oxygen atoms in total. The number of nitrogens with one attached hydrogen (secondary N) is 2. The summed E-state index contributed by atoms with van der Waals surface area (Å²) in [7, 11) is 0. The summed E-state index contributed by atoms with van der Waals surface area (Å²) in [5.74, 6) is 0.113. The van der Waals surface area contributed by atoms with Gasteiger partial charge in [-0.15, -0.1) is 11.3 Å². The predicted octanol–water partition coefficient (Wildman–Crippen LogP) is 4.77. The van der Waals surface area contributed by atoms with E-state index >= 15 is 0 Å². The maximum atomic E-state index is 12.6. The molecule has 2 heterocycles. The lowest BCUT2D eigenvalue weighted by Crippen LogP contribution is -2.44. The molecule has 1 aliphatic rings. The van der Waals surface area contributed by atoms with Crippen molar-refractivity contribution in [2.24, 2.45) is 0 Å². The van der Waals surface area contributed by atoms with Crippen LogP contribution in [0.1, 0.15) is 38.3 Å². The standard InChI is InChI=1S/C19H23ClN4O2S/c1-2-16-8-3-4-9-24(16)17(25)11-15-12-27-19(22-15)23-18(26)21-14-7-5-6-13(20)10-14/h5-7,10,12,16H,2-4,8-9,11H2,1H3,(H2,21,22,23,26). The molecular formula is C19H23ClN4O2S. The molecule has 0 aliphatic carbocycles. The van der Waals surface area contributed by atoms with Gasteiger partial charge < -0.3 is 10.2 Å². The zero-order chi connectivity index (χ0) is 19.2. The summed E-state index contributed by atoms with van der Waals surface area (Å²) in [6, 6.07) is 6.85. The van der Waals surface area contributed by atoms with E-state index in [1.807, 2.05) is 10.3 Å². The number of rotatable bonds is 5. The van der Waals surface area contributed by atoms with Crippen molar-refractivity contribution >= 4 is 45.7 Å². The molecule has 2 aromatic rings. The third-order valence-electron chi connectivity index (χ3n) is 4.61. The number of benzene rings is 1. The highest BCUT2D eigenvalue weighted by Crippen LogP contribution is 2.22. The molecular weight excluding hydrogens is 384 g/mol. The number of carbonyl (C=O) groups is 2. The van der Waals surface area contributed by atoms with Crippen LogP contribution in [0.3, 0.4) is 0 Å². The first-order valence-electron chi connectivity index (χ1n) is 9.12. The van der Waals surface area contributed by atoms with Gasteiger partial charge in [0, 0.05) is 28.7 Å². The first-order valence-corrected chi connectivity index (χ1v) is 10.4. The van der Waals surface area contributed by atoms with E-state index in [2.05, 4.69) is 22.5 Å². The van der Waals surface area contributed by atoms with E-state index in [1.165, 1.54) is 17.8 Å². The number of halogens is 1. The van der Waals surface area contributed by atoms with Crippen LogP contribution in [0, 0.1) is 0 Å². The largest absolute Gasteiger partial charge is 0.339 e. The Morgan fingerprint density at radius 3 is 2.96 bits per heavy atom. The second kappa shape index (κ2) is 9.19. The summed E-state index contributed by atoms with van der Waals surface area (Å²) in [6.07, 6.45) is 4.59. The van der Waals surface area contributed by atoms with Crippen molar-refractivity contribution < 1.29 is 9.59 Å². The van der Waals surface area contributed by atoms with Crippen molar-refractivity contribution in [3.05, 3.63) is 40.4 Å². The van der Waals surface area contributed by atoms with E-state index in [0.29, 0.717) is 27.6 Å². The lowest BCUT2D eigenvalue weighted by Gasteiger charge is -2.35. The van der Waals surface area contributed by atoms with Crippen LogP contribution in [0.15, 0.2) is 29.6 Å². The first-order chi connectivity index (χ1) is 13.0. The van der Waals surface area contributed by atoms with Crippen LogP contribution in [0.25, 0.3) is 0 Å². The molecule has 0 radical (unpaired) electrons. The van der Waals surface area contributed by atoms with Gasteiger partial charge in [0.05, 0.1) is 12.1 Å². The monoisotopic (exact) mass is 406 g/mol. The van der Waals surface area contributed by atoms with E-state index in [-0.39, 0.29) is 12.3 Å². The van der Waals surface area contributed by atoms with Crippen LogP contribution < -0.4 is 10.6 Å². The lowest BCUT2D eigenvalue weighted by atomic mass is 9.99. The van der Waals surface area contributed by atoms with Gasteiger partial charge >= 0.3 is 6.03 Å². The molecule has 1 atom stereocenters. The van der Waals surface area contributed by atoms with Gasteiger partial charge in [0.15, 0.2) is 5.13 Å². The number of likely N-dealkylation sites (tertiary alicyclic amines) is 1. The fourth-order valence-corrected chi connectivity index (χ4v) is 4.18. The summed E-state index contributed by atoms with van der Waals surface area (Å²) in [5, 5.41) is 8.22. The highest BCUT2D eigenvalue weighted by atomic mass is 35.5. The molecule has 0 bridgehead atoms. The molecule has 8 heteroatoms. The van der Waals surface area contributed by atoms with E-state index in [9.17, 15) is 9.59 Å². The fourth-order valence-electron chi connectivity index (χ4n) is 3.28. The van der Waals surface area contributed by atoms with Crippen molar-refractivity contribution in [2.75, 3.05) is 17.2 Å². The summed E-state index contributed by atoms with van der Waals surface area (Å²) in [4.78, 5) is 31.1. The van der Waals surface area contributed by atoms with Gasteiger partial charge in [0.25, 0.3) is 0 Å². The molecule has 1 aromatic heterocycles. The Balaban J connectivity index is 1.54. The predicted molar refractivity (Wildman–Crippen MR) is 110 cm³/mol. The van der Waals surface area contributed by atoms with Gasteiger partial charge in [-0.1, -0.05) is 24.6 Å². The highest BCUT2D eigenvalue weighted by molar-refractivity contribution is 7.14. The minimum Gasteiger partial charge on any atom is -0.339 e. The second-order valence-corrected chi connectivity index (χ2v) is 7.85. The average molecular weight is 407 g/mol. The Kier molecular flexibility index (Phi) is 6.68. The SMILES string of the molecule is CCC1CCCCN1C(=O)Cc1csc(NC(=O)Nc2cccc(Cl)c2)n1. The highest BCUT2D eigenvalue weighted by Gasteiger charge is 2.25. The summed E-state index contributed by atoms with van der Waals surface area (Å²) < 4.78 is 0. The van der Waals surface area contributed by atoms with Gasteiger partial charge in [-0.3, -0.25) is 10.1 Å². The number of urea groups is 1. The zero-order valence-electron chi connectivity index (χ0n) is 15.2. The number of thiazole rings is 1. The van der Waals surface area contributed by atoms with Gasteiger partial charge in [-0.2, -0.15) is 0 Å². The molecule has 27 heavy (non-hydrogen) atoms. The molecule has 3 rings (SSSR count). The third-order valence-corrected chi connectivity index (χ3v) is 5.65. The second-order valence-electron chi connectivity index (χ2n) is 6.56. The van der Waals surface area contributed by atoms with E-state index in [1.54, 1.807) is 24.3 Å². The first kappa shape index (κ1) is 19.6. The molecule has 0 saturated carbocycles. The topological polar surface area (TPSA) is 74.3 Å². The van der Waals surface area contributed by atoms with Crippen LogP contribution in [0.2, 0.25) is 5.02 Å². The van der Waals surface area contributed by atoms with Crippen LogP contribution >= 0.6 is 22.9 Å². The van der Waals surface area contributed by atoms with Crippen molar-refractivity contribution in [1.29, 1.82) is 0 Å². The number of piperidine rings is 1. The maximum Gasteiger partial charge on any atom is 0.325 e. The summed E-state index contributed by atoms with van der Waals surface area (Å²) in [5.41, 5.74) is 1.28. The van der Waals surface area contributed by atoms with E-state index in [0.717, 1.165) is 25.8 Å². The Morgan fingerprint density at radius 1 is 1.33 bits per heavy atom. The molecule has 1 unspecified atom stereocenters. The van der Waals surface area contributed by atoms with Gasteiger partial charge in [-0.25, -0.2) is 9.78 Å². The minimum absolute atomic E-state index is 0.113. The van der Waals surface area contributed by atoms with E-state index < -0.39 is 6.03 Å². The molecule has 1 aliphatic heterocycles. The number of hydrogen-bond acceptors (Lipinski definition) is 4. The number of hydrogen-bond donors (Lipinski definition) is 2. The normalized spacial score (nSPS) is 16.8. The molecule has 1 fully saturated rings. The molecule has 1 aromatic carbocycles. The van der Waals surface area contributed by atoms with Crippen molar-refractivity contribution in [3.63, 3.8) is 0 Å². The number of amides is 3. The van der Waals surface area contributed by atoms with Crippen molar-refractivity contribution in [2.45, 2.75) is 45.1 Å². The minimum atomic E-state index is -0.397. The molecule has 3 amide bonds. The smallest absolute Gasteiger partial charge is 0.325 e. The Bertz CT molecular complexity index is 811. The molecule has 144 valence electrons. The van der Waals surface area contributed by atoms with Crippen LogP contribution in [-0.4, -0.2) is 34.4 Å². The van der Waals surface area contributed by atoms with Gasteiger partial charge in [0.1, 0.15) is 0 Å². The Morgan fingerprint density at radius 2 is 2.19 bits per heavy atom. The Labute approximate surface area is 167 Å². The van der Waals surface area contributed by atoms with E-state index in [4.69, 9.17) is 11.6 Å². The van der Waals surface area contributed by atoms with Crippen molar-refractivity contribution in [3.8, 4) is 0 Å². The molecule has 2 N–H and O–H groups in total. The Hall–Kier alpha value is -2.12. The third kappa shape index (κ3) is 5.43. The quantitative estimate of drug-likeness (QED) is 0.750. The molecule has 0 spiro atoms. The zero-order valence-corrected chi connectivity index (χ0v) is 16.8. The molecule has 1 saturated heterocycles. The van der Waals surface area contributed by atoms with Crippen LogP contribution in [0.5, 0.6) is 0 Å². The van der Waals surface area contributed by atoms with Gasteiger partial charge in [0.2, 0.25) is 5.91 Å². The number of nitrogens with zero attached hydrogens (tertiary/aromatic N) is 2. The number of carbonyl (C=O) groups excluding carboxylic acids is 2. The summed E-state index contributed by atoms with van der Waals surface area (Å²) in [6.45, 7) is 2.95. The summed E-state index contributed by atoms with van der Waals surface area (Å²) >= 11 is 7.21. The van der Waals surface area contributed by atoms with Crippen molar-refractivity contribution in [1.82, 2.24) is 9.88 Å². The number of aromatic nitrogens is 1. The number of anilines is 2. The lowest BCUT2D eigenvalue weighted by molar-refractivity contribution is -0.134. The van der Waals surface area contributed by atoms with Crippen LogP contribution in [0.4, 0.5) is 15.6 Å². The van der Waals surface area contributed by atoms with Crippen LogP contribution in [-0.2, 0) is 11.2 Å². The maximum absolute atomic E-state index is 12.6. The van der Waals surface area contributed by atoms with Gasteiger partial charge in [-0.05, 0) is 43.9 Å².